The van der Waals surface area contributed by atoms with Crippen molar-refractivity contribution in [2.75, 3.05) is 13.1 Å². The second-order valence-electron chi connectivity index (χ2n) is 5.64. The zero-order chi connectivity index (χ0) is 13.9. The number of hydrogen-bond acceptors (Lipinski definition) is 4. The van der Waals surface area contributed by atoms with Crippen LogP contribution in [-0.4, -0.2) is 44.3 Å². The quantitative estimate of drug-likeness (QED) is 0.877. The van der Waals surface area contributed by atoms with Crippen molar-refractivity contribution in [3.05, 3.63) is 12.2 Å². The van der Waals surface area contributed by atoms with Crippen molar-refractivity contribution < 1.29 is 0 Å². The summed E-state index contributed by atoms with van der Waals surface area (Å²) < 4.78 is 1.88. The van der Waals surface area contributed by atoms with Gasteiger partial charge in [-0.15, -0.1) is 0 Å². The maximum Gasteiger partial charge on any atom is 0.140 e. The Balaban J connectivity index is 2.12. The maximum absolute atomic E-state index is 4.37. The molecule has 19 heavy (non-hydrogen) atoms. The molecule has 1 aromatic rings. The molecule has 0 aromatic carbocycles. The van der Waals surface area contributed by atoms with Gasteiger partial charge < -0.3 is 5.32 Å². The molecule has 0 bridgehead atoms. The number of rotatable bonds is 5. The van der Waals surface area contributed by atoms with Gasteiger partial charge in [-0.1, -0.05) is 20.8 Å². The molecular formula is C14H27N5. The minimum absolute atomic E-state index is 0.268. The van der Waals surface area contributed by atoms with Crippen LogP contribution in [0.4, 0.5) is 0 Å². The first-order valence-electron chi connectivity index (χ1n) is 7.46. The minimum atomic E-state index is 0.268. The third kappa shape index (κ3) is 2.98. The molecule has 1 atom stereocenters. The van der Waals surface area contributed by atoms with Gasteiger partial charge in [0.1, 0.15) is 12.2 Å². The van der Waals surface area contributed by atoms with Crippen molar-refractivity contribution in [2.45, 2.75) is 58.2 Å². The molecule has 1 aliphatic rings. The lowest BCUT2D eigenvalue weighted by Gasteiger charge is -2.47. The Bertz CT molecular complexity index is 396. The van der Waals surface area contributed by atoms with Crippen LogP contribution in [0.15, 0.2) is 6.33 Å². The molecule has 2 rings (SSSR count). The van der Waals surface area contributed by atoms with Gasteiger partial charge in [-0.3, -0.25) is 9.58 Å². The van der Waals surface area contributed by atoms with Crippen molar-refractivity contribution >= 4 is 0 Å². The zero-order valence-electron chi connectivity index (χ0n) is 12.7. The smallest absolute Gasteiger partial charge is 0.140 e. The number of aryl methyl sites for hydroxylation is 1. The molecule has 0 saturated carbocycles. The van der Waals surface area contributed by atoms with E-state index in [1.54, 1.807) is 6.33 Å². The van der Waals surface area contributed by atoms with Gasteiger partial charge in [0.15, 0.2) is 0 Å². The van der Waals surface area contributed by atoms with E-state index in [2.05, 4.69) is 41.1 Å². The van der Waals surface area contributed by atoms with Gasteiger partial charge in [0, 0.05) is 31.7 Å². The van der Waals surface area contributed by atoms with E-state index in [0.717, 1.165) is 25.5 Å². The number of hydrogen-bond donors (Lipinski definition) is 1. The van der Waals surface area contributed by atoms with E-state index in [0.29, 0.717) is 6.04 Å². The Kier molecular flexibility index (Phi) is 4.58. The van der Waals surface area contributed by atoms with Crippen LogP contribution in [0.3, 0.4) is 0 Å². The Hall–Kier alpha value is -0.940. The van der Waals surface area contributed by atoms with Crippen molar-refractivity contribution in [2.24, 2.45) is 7.05 Å². The highest BCUT2D eigenvalue weighted by Crippen LogP contribution is 2.24. The Morgan fingerprint density at radius 3 is 2.63 bits per heavy atom. The summed E-state index contributed by atoms with van der Waals surface area (Å²) in [5.74, 6) is 1.06. The van der Waals surface area contributed by atoms with E-state index in [9.17, 15) is 0 Å². The fourth-order valence-corrected chi connectivity index (χ4v) is 2.99. The molecule has 1 N–H and O–H groups in total. The summed E-state index contributed by atoms with van der Waals surface area (Å²) in [5.41, 5.74) is 0.268. The van der Waals surface area contributed by atoms with Crippen molar-refractivity contribution in [3.63, 3.8) is 0 Å². The lowest BCUT2D eigenvalue weighted by molar-refractivity contribution is 0.0613. The lowest BCUT2D eigenvalue weighted by Crippen LogP contribution is -2.63. The largest absolute Gasteiger partial charge is 0.308 e. The average molecular weight is 265 g/mol. The summed E-state index contributed by atoms with van der Waals surface area (Å²) in [4.78, 5) is 6.94. The van der Waals surface area contributed by atoms with Gasteiger partial charge in [-0.05, 0) is 19.3 Å². The first-order valence-corrected chi connectivity index (χ1v) is 7.46. The fraction of sp³-hybridized carbons (Fsp3) is 0.857. The third-order valence-electron chi connectivity index (χ3n) is 4.71. The molecule has 0 amide bonds. The molecule has 1 unspecified atom stereocenters. The molecule has 108 valence electrons. The van der Waals surface area contributed by atoms with Crippen molar-refractivity contribution in [1.29, 1.82) is 0 Å². The highest BCUT2D eigenvalue weighted by Gasteiger charge is 2.36. The molecule has 2 heterocycles. The standard InChI is InChI=1S/C14H27N5/c1-5-12-8-16-14(6-2,7-3)10-19(12)9-13-15-11-17-18(13)4/h11-12,16H,5-10H2,1-4H3. The van der Waals surface area contributed by atoms with Crippen molar-refractivity contribution in [3.8, 4) is 0 Å². The van der Waals surface area contributed by atoms with E-state index >= 15 is 0 Å². The highest BCUT2D eigenvalue weighted by molar-refractivity contribution is 4.98. The third-order valence-corrected chi connectivity index (χ3v) is 4.71. The summed E-state index contributed by atoms with van der Waals surface area (Å²) in [6, 6.07) is 0.600. The van der Waals surface area contributed by atoms with Gasteiger partial charge in [-0.25, -0.2) is 4.98 Å². The van der Waals surface area contributed by atoms with Crippen LogP contribution in [-0.2, 0) is 13.6 Å². The topological polar surface area (TPSA) is 46.0 Å². The first kappa shape index (κ1) is 14.5. The number of piperazine rings is 1. The minimum Gasteiger partial charge on any atom is -0.308 e. The zero-order valence-corrected chi connectivity index (χ0v) is 12.7. The average Bonchev–Trinajstić information content (AvgIpc) is 2.84. The summed E-state index contributed by atoms with van der Waals surface area (Å²) in [6.07, 6.45) is 5.17. The van der Waals surface area contributed by atoms with Crippen LogP contribution >= 0.6 is 0 Å². The van der Waals surface area contributed by atoms with Gasteiger partial charge in [0.25, 0.3) is 0 Å². The lowest BCUT2D eigenvalue weighted by atomic mass is 9.88. The second-order valence-corrected chi connectivity index (χ2v) is 5.64. The van der Waals surface area contributed by atoms with Crippen LogP contribution in [0.2, 0.25) is 0 Å². The van der Waals surface area contributed by atoms with Crippen LogP contribution in [0.5, 0.6) is 0 Å². The highest BCUT2D eigenvalue weighted by atomic mass is 15.3. The Labute approximate surface area is 116 Å². The van der Waals surface area contributed by atoms with Gasteiger partial charge in [-0.2, -0.15) is 5.10 Å². The molecular weight excluding hydrogens is 238 g/mol. The van der Waals surface area contributed by atoms with Crippen molar-refractivity contribution in [1.82, 2.24) is 25.0 Å². The molecule has 1 aliphatic heterocycles. The monoisotopic (exact) mass is 265 g/mol. The van der Waals surface area contributed by atoms with Crippen LogP contribution < -0.4 is 5.32 Å². The van der Waals surface area contributed by atoms with Gasteiger partial charge in [0.05, 0.1) is 6.54 Å². The molecule has 1 fully saturated rings. The van der Waals surface area contributed by atoms with Gasteiger partial charge in [0.2, 0.25) is 0 Å². The number of nitrogens with zero attached hydrogens (tertiary/aromatic N) is 4. The van der Waals surface area contributed by atoms with E-state index in [4.69, 9.17) is 0 Å². The second kappa shape index (κ2) is 6.01. The normalized spacial score (nSPS) is 23.7. The molecule has 0 spiro atoms. The van der Waals surface area contributed by atoms with Gasteiger partial charge >= 0.3 is 0 Å². The summed E-state index contributed by atoms with van der Waals surface area (Å²) in [7, 11) is 1.97. The van der Waals surface area contributed by atoms with E-state index in [1.807, 2.05) is 11.7 Å². The Morgan fingerprint density at radius 1 is 1.37 bits per heavy atom. The molecule has 1 saturated heterocycles. The summed E-state index contributed by atoms with van der Waals surface area (Å²) in [5, 5.41) is 7.95. The Morgan fingerprint density at radius 2 is 2.11 bits per heavy atom. The van der Waals surface area contributed by atoms with Crippen LogP contribution in [0.25, 0.3) is 0 Å². The first-order chi connectivity index (χ1) is 9.14. The van der Waals surface area contributed by atoms with E-state index in [1.165, 1.54) is 19.3 Å². The molecule has 0 aliphatic carbocycles. The predicted molar refractivity (Wildman–Crippen MR) is 76.8 cm³/mol. The number of nitrogens with one attached hydrogen (secondary N) is 1. The maximum atomic E-state index is 4.37. The van der Waals surface area contributed by atoms with E-state index < -0.39 is 0 Å². The predicted octanol–water partition coefficient (Wildman–Crippen LogP) is 1.56. The fourth-order valence-electron chi connectivity index (χ4n) is 2.99. The summed E-state index contributed by atoms with van der Waals surface area (Å²) >= 11 is 0. The molecule has 1 aromatic heterocycles. The molecule has 5 heteroatoms. The van der Waals surface area contributed by atoms with Crippen LogP contribution in [0.1, 0.15) is 45.9 Å². The number of aromatic nitrogens is 3. The summed E-state index contributed by atoms with van der Waals surface area (Å²) in [6.45, 7) is 9.91. The SMILES string of the molecule is CCC1CNC(CC)(CC)CN1Cc1ncnn1C. The molecule has 0 radical (unpaired) electrons. The van der Waals surface area contributed by atoms with Crippen LogP contribution in [0, 0.1) is 0 Å². The molecule has 5 nitrogen and oxygen atoms in total. The van der Waals surface area contributed by atoms with E-state index in [-0.39, 0.29) is 5.54 Å².